The van der Waals surface area contributed by atoms with E-state index in [1.807, 2.05) is 59.3 Å². The molecule has 0 aliphatic heterocycles. The fourth-order valence-corrected chi connectivity index (χ4v) is 2.49. The Hall–Kier alpha value is -2.57. The molecule has 1 aromatic heterocycles. The Balaban J connectivity index is 2.01. The third-order valence-electron chi connectivity index (χ3n) is 3.31. The molecule has 1 heterocycles. The largest absolute Gasteiger partial charge is 0.326 e. The van der Waals surface area contributed by atoms with Gasteiger partial charge in [-0.1, -0.05) is 41.9 Å². The Bertz CT molecular complexity index is 815. The van der Waals surface area contributed by atoms with Crippen LogP contribution in [0.1, 0.15) is 11.1 Å². The van der Waals surface area contributed by atoms with Crippen molar-refractivity contribution < 1.29 is 0 Å². The molecule has 102 valence electrons. The molecule has 3 nitrogen and oxygen atoms in total. The molecule has 0 spiro atoms. The van der Waals surface area contributed by atoms with E-state index in [1.54, 1.807) is 6.20 Å². The van der Waals surface area contributed by atoms with Gasteiger partial charge in [0.2, 0.25) is 0 Å². The second kappa shape index (κ2) is 5.82. The lowest BCUT2D eigenvalue weighted by molar-refractivity contribution is 0.805. The molecule has 21 heavy (non-hydrogen) atoms. The molecule has 4 heteroatoms. The van der Waals surface area contributed by atoms with Gasteiger partial charge in [0.25, 0.3) is 0 Å². The molecule has 0 unspecified atom stereocenters. The SMILES string of the molecule is N#Cc1ccccc1Cn1ccnc1-c1ccccc1Cl. The summed E-state index contributed by atoms with van der Waals surface area (Å²) in [7, 11) is 0. The number of rotatable bonds is 3. The van der Waals surface area contributed by atoms with E-state index in [2.05, 4.69) is 11.1 Å². The van der Waals surface area contributed by atoms with Crippen LogP contribution >= 0.6 is 11.6 Å². The Labute approximate surface area is 128 Å². The summed E-state index contributed by atoms with van der Waals surface area (Å²) in [4.78, 5) is 4.39. The first-order valence-corrected chi connectivity index (χ1v) is 6.91. The monoisotopic (exact) mass is 293 g/mol. The Morgan fingerprint density at radius 3 is 2.67 bits per heavy atom. The Morgan fingerprint density at radius 1 is 1.10 bits per heavy atom. The highest BCUT2D eigenvalue weighted by Crippen LogP contribution is 2.26. The summed E-state index contributed by atoms with van der Waals surface area (Å²) >= 11 is 6.24. The van der Waals surface area contributed by atoms with E-state index in [9.17, 15) is 5.26 Å². The van der Waals surface area contributed by atoms with Gasteiger partial charge in [0.1, 0.15) is 5.82 Å². The molecule has 2 aromatic carbocycles. The van der Waals surface area contributed by atoms with Gasteiger partial charge in [-0.3, -0.25) is 0 Å². The Kier molecular flexibility index (Phi) is 3.72. The summed E-state index contributed by atoms with van der Waals surface area (Å²) in [6.45, 7) is 0.588. The molecule has 3 aromatic rings. The molecule has 0 bridgehead atoms. The van der Waals surface area contributed by atoms with Gasteiger partial charge in [0, 0.05) is 18.0 Å². The molecule has 0 radical (unpaired) electrons. The zero-order valence-electron chi connectivity index (χ0n) is 11.2. The van der Waals surface area contributed by atoms with Gasteiger partial charge in [-0.25, -0.2) is 4.98 Å². The van der Waals surface area contributed by atoms with Gasteiger partial charge in [-0.05, 0) is 23.8 Å². The van der Waals surface area contributed by atoms with Crippen molar-refractivity contribution >= 4 is 11.6 Å². The number of halogens is 1. The normalized spacial score (nSPS) is 10.3. The predicted octanol–water partition coefficient (Wildman–Crippen LogP) is 4.12. The van der Waals surface area contributed by atoms with Crippen LogP contribution in [-0.2, 0) is 6.54 Å². The summed E-state index contributed by atoms with van der Waals surface area (Å²) in [5, 5.41) is 9.85. The van der Waals surface area contributed by atoms with Crippen LogP contribution in [0.5, 0.6) is 0 Å². The average molecular weight is 294 g/mol. The van der Waals surface area contributed by atoms with Crippen LogP contribution in [0.25, 0.3) is 11.4 Å². The average Bonchev–Trinajstić information content (AvgIpc) is 2.96. The van der Waals surface area contributed by atoms with Crippen LogP contribution < -0.4 is 0 Å². The number of imidazole rings is 1. The summed E-state index contributed by atoms with van der Waals surface area (Å²) in [6.07, 6.45) is 3.64. The molecule has 3 rings (SSSR count). The quantitative estimate of drug-likeness (QED) is 0.729. The van der Waals surface area contributed by atoms with Gasteiger partial charge in [-0.15, -0.1) is 0 Å². The van der Waals surface area contributed by atoms with Crippen LogP contribution in [0, 0.1) is 11.3 Å². The number of hydrogen-bond acceptors (Lipinski definition) is 2. The molecule has 0 saturated heterocycles. The van der Waals surface area contributed by atoms with Crippen LogP contribution in [0.15, 0.2) is 60.9 Å². The molecule has 0 N–H and O–H groups in total. The first-order valence-electron chi connectivity index (χ1n) is 6.53. The van der Waals surface area contributed by atoms with Crippen molar-refractivity contribution in [2.45, 2.75) is 6.54 Å². The number of nitriles is 1. The second-order valence-electron chi connectivity index (χ2n) is 4.63. The zero-order valence-corrected chi connectivity index (χ0v) is 12.0. The number of aromatic nitrogens is 2. The highest BCUT2D eigenvalue weighted by Gasteiger charge is 2.10. The first-order chi connectivity index (χ1) is 10.3. The molecular weight excluding hydrogens is 282 g/mol. The Morgan fingerprint density at radius 2 is 1.86 bits per heavy atom. The highest BCUT2D eigenvalue weighted by atomic mass is 35.5. The van der Waals surface area contributed by atoms with Gasteiger partial charge < -0.3 is 4.57 Å². The summed E-state index contributed by atoms with van der Waals surface area (Å²) < 4.78 is 2.00. The van der Waals surface area contributed by atoms with Crippen LogP contribution in [0.3, 0.4) is 0 Å². The summed E-state index contributed by atoms with van der Waals surface area (Å²) in [5.41, 5.74) is 2.53. The predicted molar refractivity (Wildman–Crippen MR) is 82.9 cm³/mol. The van der Waals surface area contributed by atoms with E-state index < -0.39 is 0 Å². The standard InChI is InChI=1S/C17H12ClN3/c18-16-8-4-3-7-15(16)17-20-9-10-21(17)12-14-6-2-1-5-13(14)11-19/h1-10H,12H2. The first kappa shape index (κ1) is 13.4. The third-order valence-corrected chi connectivity index (χ3v) is 3.64. The molecular formula is C17H12ClN3. The van der Waals surface area contributed by atoms with Crippen LogP contribution in [0.2, 0.25) is 5.02 Å². The van der Waals surface area contributed by atoms with Crippen molar-refractivity contribution in [2.75, 3.05) is 0 Å². The zero-order chi connectivity index (χ0) is 14.7. The highest BCUT2D eigenvalue weighted by molar-refractivity contribution is 6.33. The minimum absolute atomic E-state index is 0.588. The molecule has 0 amide bonds. The van der Waals surface area contributed by atoms with Crippen molar-refractivity contribution in [3.63, 3.8) is 0 Å². The maximum atomic E-state index is 9.18. The molecule has 0 saturated carbocycles. The third kappa shape index (κ3) is 2.67. The van der Waals surface area contributed by atoms with Crippen LogP contribution in [-0.4, -0.2) is 9.55 Å². The van der Waals surface area contributed by atoms with E-state index in [4.69, 9.17) is 11.6 Å². The van der Waals surface area contributed by atoms with Crippen molar-refractivity contribution in [3.8, 4) is 17.5 Å². The fourth-order valence-electron chi connectivity index (χ4n) is 2.27. The van der Waals surface area contributed by atoms with E-state index in [0.29, 0.717) is 17.1 Å². The van der Waals surface area contributed by atoms with Crippen molar-refractivity contribution in [2.24, 2.45) is 0 Å². The molecule has 0 fully saturated rings. The van der Waals surface area contributed by atoms with Gasteiger partial charge in [0.15, 0.2) is 0 Å². The van der Waals surface area contributed by atoms with E-state index in [0.717, 1.165) is 17.0 Å². The van der Waals surface area contributed by atoms with Gasteiger partial charge in [0.05, 0.1) is 23.2 Å². The summed E-state index contributed by atoms with van der Waals surface area (Å²) in [6, 6.07) is 17.4. The van der Waals surface area contributed by atoms with Gasteiger partial charge in [-0.2, -0.15) is 5.26 Å². The van der Waals surface area contributed by atoms with Crippen LogP contribution in [0.4, 0.5) is 0 Å². The molecule has 0 aliphatic carbocycles. The van der Waals surface area contributed by atoms with E-state index >= 15 is 0 Å². The lowest BCUT2D eigenvalue weighted by Crippen LogP contribution is -2.03. The van der Waals surface area contributed by atoms with Crippen molar-refractivity contribution in [3.05, 3.63) is 77.1 Å². The lowest BCUT2D eigenvalue weighted by Gasteiger charge is -2.10. The number of benzene rings is 2. The minimum atomic E-state index is 0.588. The maximum absolute atomic E-state index is 9.18. The van der Waals surface area contributed by atoms with Gasteiger partial charge >= 0.3 is 0 Å². The van der Waals surface area contributed by atoms with E-state index in [-0.39, 0.29) is 0 Å². The van der Waals surface area contributed by atoms with Crippen molar-refractivity contribution in [1.29, 1.82) is 5.26 Å². The molecule has 0 atom stereocenters. The lowest BCUT2D eigenvalue weighted by atomic mass is 10.1. The smallest absolute Gasteiger partial charge is 0.141 e. The number of nitrogens with zero attached hydrogens (tertiary/aromatic N) is 3. The second-order valence-corrected chi connectivity index (χ2v) is 5.03. The fraction of sp³-hybridized carbons (Fsp3) is 0.0588. The maximum Gasteiger partial charge on any atom is 0.141 e. The topological polar surface area (TPSA) is 41.6 Å². The minimum Gasteiger partial charge on any atom is -0.326 e. The van der Waals surface area contributed by atoms with Crippen molar-refractivity contribution in [1.82, 2.24) is 9.55 Å². The van der Waals surface area contributed by atoms with E-state index in [1.165, 1.54) is 0 Å². The summed E-state index contributed by atoms with van der Waals surface area (Å²) in [5.74, 6) is 0.799. The molecule has 0 aliphatic rings. The number of hydrogen-bond donors (Lipinski definition) is 0.